The van der Waals surface area contributed by atoms with Crippen molar-refractivity contribution in [3.63, 3.8) is 0 Å². The van der Waals surface area contributed by atoms with Crippen molar-refractivity contribution in [3.05, 3.63) is 23.8 Å². The number of nitrogens with one attached hydrogen (secondary N) is 1. The molecule has 2 saturated carbocycles. The van der Waals surface area contributed by atoms with E-state index in [0.29, 0.717) is 0 Å². The lowest BCUT2D eigenvalue weighted by Crippen LogP contribution is -3.13. The fourth-order valence-corrected chi connectivity index (χ4v) is 5.29. The molecule has 0 spiro atoms. The second kappa shape index (κ2) is 6.93. The van der Waals surface area contributed by atoms with Crippen LogP contribution in [0.1, 0.15) is 31.2 Å². The van der Waals surface area contributed by atoms with Crippen molar-refractivity contribution in [2.75, 3.05) is 40.4 Å². The summed E-state index contributed by atoms with van der Waals surface area (Å²) in [5.41, 5.74) is 1.34. The second-order valence-electron chi connectivity index (χ2n) is 7.89. The molecule has 0 aromatic heterocycles. The van der Waals surface area contributed by atoms with Gasteiger partial charge in [0.25, 0.3) is 0 Å². The Morgan fingerprint density at radius 3 is 2.46 bits per heavy atom. The van der Waals surface area contributed by atoms with E-state index in [4.69, 9.17) is 9.47 Å². The number of hydrogen-bond donors (Lipinski definition) is 1. The van der Waals surface area contributed by atoms with Gasteiger partial charge in [-0.05, 0) is 49.3 Å². The molecule has 4 heteroatoms. The number of hydrogen-bond acceptors (Lipinski definition) is 3. The highest BCUT2D eigenvalue weighted by atomic mass is 16.5. The van der Waals surface area contributed by atoms with Gasteiger partial charge in [-0.1, -0.05) is 6.42 Å². The van der Waals surface area contributed by atoms with Gasteiger partial charge in [0, 0.05) is 24.7 Å². The van der Waals surface area contributed by atoms with Crippen LogP contribution in [0, 0.1) is 11.8 Å². The maximum absolute atomic E-state index is 5.44. The van der Waals surface area contributed by atoms with Crippen LogP contribution >= 0.6 is 0 Å². The van der Waals surface area contributed by atoms with Gasteiger partial charge in [0.05, 0.1) is 27.3 Å². The molecule has 132 valence electrons. The average Bonchev–Trinajstić information content (AvgIpc) is 3.25. The summed E-state index contributed by atoms with van der Waals surface area (Å²) in [6.07, 6.45) is 6.00. The van der Waals surface area contributed by atoms with Crippen LogP contribution in [0.5, 0.6) is 11.5 Å². The SMILES string of the molecule is COc1ccc(C[NH+]2CCN(C3CC4CCC3C4)CC2)cc1OC. The third-order valence-electron chi connectivity index (χ3n) is 6.58. The average molecular weight is 331 g/mol. The first-order valence-corrected chi connectivity index (χ1v) is 9.55. The van der Waals surface area contributed by atoms with Crippen LogP contribution in [-0.4, -0.2) is 51.3 Å². The number of ether oxygens (including phenoxy) is 2. The van der Waals surface area contributed by atoms with E-state index in [1.807, 2.05) is 6.07 Å². The molecule has 4 rings (SSSR count). The number of quaternary nitrogens is 1. The Morgan fingerprint density at radius 2 is 1.83 bits per heavy atom. The summed E-state index contributed by atoms with van der Waals surface area (Å²) in [5, 5.41) is 0. The van der Waals surface area contributed by atoms with Gasteiger partial charge in [0.1, 0.15) is 6.54 Å². The predicted molar refractivity (Wildman–Crippen MR) is 94.8 cm³/mol. The summed E-state index contributed by atoms with van der Waals surface area (Å²) in [6.45, 7) is 6.17. The molecule has 3 unspecified atom stereocenters. The molecule has 3 fully saturated rings. The molecule has 0 radical (unpaired) electrons. The van der Waals surface area contributed by atoms with Gasteiger partial charge >= 0.3 is 0 Å². The molecule has 4 nitrogen and oxygen atoms in total. The van der Waals surface area contributed by atoms with Gasteiger partial charge in [-0.2, -0.15) is 0 Å². The second-order valence-corrected chi connectivity index (χ2v) is 7.89. The van der Waals surface area contributed by atoms with Crippen LogP contribution in [0.25, 0.3) is 0 Å². The van der Waals surface area contributed by atoms with Crippen molar-refractivity contribution in [1.82, 2.24) is 4.90 Å². The number of fused-ring (bicyclic) bond motifs is 2. The Hall–Kier alpha value is -1.26. The first kappa shape index (κ1) is 16.2. The maximum Gasteiger partial charge on any atom is 0.161 e. The highest BCUT2D eigenvalue weighted by molar-refractivity contribution is 5.42. The number of methoxy groups -OCH3 is 2. The van der Waals surface area contributed by atoms with Gasteiger partial charge in [0.2, 0.25) is 0 Å². The molecule has 1 heterocycles. The summed E-state index contributed by atoms with van der Waals surface area (Å²) in [6, 6.07) is 7.25. The molecule has 1 aromatic rings. The summed E-state index contributed by atoms with van der Waals surface area (Å²) < 4.78 is 10.8. The van der Waals surface area contributed by atoms with Gasteiger partial charge in [-0.3, -0.25) is 4.90 Å². The highest BCUT2D eigenvalue weighted by Gasteiger charge is 2.43. The summed E-state index contributed by atoms with van der Waals surface area (Å²) >= 11 is 0. The lowest BCUT2D eigenvalue weighted by Gasteiger charge is -2.39. The molecular formula is C20H31N2O2+. The Kier molecular flexibility index (Phi) is 4.68. The highest BCUT2D eigenvalue weighted by Crippen LogP contribution is 2.46. The Morgan fingerprint density at radius 1 is 1.04 bits per heavy atom. The molecule has 24 heavy (non-hydrogen) atoms. The zero-order valence-corrected chi connectivity index (χ0v) is 15.1. The van der Waals surface area contributed by atoms with Gasteiger partial charge in [-0.25, -0.2) is 0 Å². The van der Waals surface area contributed by atoms with E-state index in [0.717, 1.165) is 35.9 Å². The van der Waals surface area contributed by atoms with E-state index in [-0.39, 0.29) is 0 Å². The quantitative estimate of drug-likeness (QED) is 0.887. The standard InChI is InChI=1S/C20H30N2O2/c1-23-19-6-4-16(13-20(19)24-2)14-21-7-9-22(10-8-21)18-12-15-3-5-17(18)11-15/h4,6,13,15,17-18H,3,5,7-12,14H2,1-2H3/p+1. The van der Waals surface area contributed by atoms with Crippen LogP contribution in [-0.2, 0) is 6.54 Å². The van der Waals surface area contributed by atoms with Crippen molar-refractivity contribution >= 4 is 0 Å². The van der Waals surface area contributed by atoms with Crippen molar-refractivity contribution < 1.29 is 14.4 Å². The van der Waals surface area contributed by atoms with Crippen LogP contribution in [0.3, 0.4) is 0 Å². The van der Waals surface area contributed by atoms with E-state index >= 15 is 0 Å². The van der Waals surface area contributed by atoms with Gasteiger partial charge in [-0.15, -0.1) is 0 Å². The number of rotatable bonds is 5. The predicted octanol–water partition coefficient (Wildman–Crippen LogP) is 1.59. The van der Waals surface area contributed by atoms with Crippen LogP contribution in [0.4, 0.5) is 0 Å². The first-order chi connectivity index (χ1) is 11.8. The Bertz CT molecular complexity index is 569. The third kappa shape index (κ3) is 3.14. The van der Waals surface area contributed by atoms with Crippen molar-refractivity contribution in [2.45, 2.75) is 38.3 Å². The Labute approximate surface area is 145 Å². The molecule has 2 bridgehead atoms. The number of piperazine rings is 1. The van der Waals surface area contributed by atoms with E-state index in [1.54, 1.807) is 19.1 Å². The fourth-order valence-electron chi connectivity index (χ4n) is 5.29. The zero-order chi connectivity index (χ0) is 16.5. The minimum atomic E-state index is 0.817. The molecule has 1 N–H and O–H groups in total. The Balaban J connectivity index is 1.32. The first-order valence-electron chi connectivity index (χ1n) is 9.55. The lowest BCUT2D eigenvalue weighted by atomic mass is 9.93. The molecule has 1 saturated heterocycles. The molecule has 1 aliphatic heterocycles. The summed E-state index contributed by atoms with van der Waals surface area (Å²) in [5.74, 6) is 3.73. The largest absolute Gasteiger partial charge is 0.493 e. The van der Waals surface area contributed by atoms with E-state index < -0.39 is 0 Å². The molecule has 1 aromatic carbocycles. The maximum atomic E-state index is 5.44. The fraction of sp³-hybridized carbons (Fsp3) is 0.700. The van der Waals surface area contributed by atoms with Crippen molar-refractivity contribution in [2.24, 2.45) is 11.8 Å². The summed E-state index contributed by atoms with van der Waals surface area (Å²) in [7, 11) is 3.40. The normalized spacial score (nSPS) is 30.7. The van der Waals surface area contributed by atoms with Gasteiger partial charge in [0.15, 0.2) is 11.5 Å². The molecule has 3 atom stereocenters. The lowest BCUT2D eigenvalue weighted by molar-refractivity contribution is -0.918. The monoisotopic (exact) mass is 331 g/mol. The number of nitrogens with zero attached hydrogens (tertiary/aromatic N) is 1. The van der Waals surface area contributed by atoms with E-state index in [1.165, 1.54) is 57.4 Å². The van der Waals surface area contributed by atoms with Crippen LogP contribution in [0.2, 0.25) is 0 Å². The number of benzene rings is 1. The van der Waals surface area contributed by atoms with Crippen LogP contribution in [0.15, 0.2) is 18.2 Å². The van der Waals surface area contributed by atoms with Crippen molar-refractivity contribution in [3.8, 4) is 11.5 Å². The minimum Gasteiger partial charge on any atom is -0.493 e. The molecule has 0 amide bonds. The molecule has 3 aliphatic rings. The van der Waals surface area contributed by atoms with Crippen LogP contribution < -0.4 is 14.4 Å². The summed E-state index contributed by atoms with van der Waals surface area (Å²) in [4.78, 5) is 4.50. The molecular weight excluding hydrogens is 300 g/mol. The van der Waals surface area contributed by atoms with Gasteiger partial charge < -0.3 is 14.4 Å². The van der Waals surface area contributed by atoms with Crippen molar-refractivity contribution in [1.29, 1.82) is 0 Å². The minimum absolute atomic E-state index is 0.817. The van der Waals surface area contributed by atoms with E-state index in [2.05, 4.69) is 17.0 Å². The topological polar surface area (TPSA) is 26.1 Å². The van der Waals surface area contributed by atoms with E-state index in [9.17, 15) is 0 Å². The molecule has 2 aliphatic carbocycles. The zero-order valence-electron chi connectivity index (χ0n) is 15.1. The smallest absolute Gasteiger partial charge is 0.161 e. The third-order valence-corrected chi connectivity index (χ3v) is 6.58.